The maximum absolute atomic E-state index is 5.88. The molecule has 2 aliphatic heterocycles. The van der Waals surface area contributed by atoms with Crippen LogP contribution in [0.25, 0.3) is 0 Å². The van der Waals surface area contributed by atoms with Gasteiger partial charge in [0.15, 0.2) is 5.96 Å². The third-order valence-electron chi connectivity index (χ3n) is 6.51. The average molecular weight is 351 g/mol. The molecule has 0 aromatic rings. The quantitative estimate of drug-likeness (QED) is 0.421. The lowest BCUT2D eigenvalue weighted by atomic mass is 9.57. The van der Waals surface area contributed by atoms with E-state index in [0.717, 1.165) is 19.1 Å². The van der Waals surface area contributed by atoms with Gasteiger partial charge < -0.3 is 20.3 Å². The minimum atomic E-state index is 0.202. The van der Waals surface area contributed by atoms with Crippen LogP contribution in [0.1, 0.15) is 58.8 Å². The summed E-state index contributed by atoms with van der Waals surface area (Å²) in [5.74, 6) is 1.61. The number of nitrogens with zero attached hydrogens (tertiary/aromatic N) is 2. The van der Waals surface area contributed by atoms with E-state index in [2.05, 4.69) is 34.4 Å². The zero-order valence-electron chi connectivity index (χ0n) is 16.5. The highest BCUT2D eigenvalue weighted by Crippen LogP contribution is 2.52. The number of fused-ring (bicyclic) bond motifs is 1. The number of guanidine groups is 1. The molecule has 5 nitrogen and oxygen atoms in total. The van der Waals surface area contributed by atoms with Crippen LogP contribution in [0.15, 0.2) is 4.99 Å². The Bertz CT molecular complexity index is 445. The van der Waals surface area contributed by atoms with Crippen LogP contribution in [0.5, 0.6) is 0 Å². The average Bonchev–Trinajstić information content (AvgIpc) is 3.08. The number of rotatable bonds is 7. The smallest absolute Gasteiger partial charge is 0.191 e. The number of nitrogens with one attached hydrogen (secondary N) is 2. The number of likely N-dealkylation sites (tertiary alicyclic amines) is 1. The largest absolute Gasteiger partial charge is 0.377 e. The Labute approximate surface area is 154 Å². The third kappa shape index (κ3) is 4.48. The van der Waals surface area contributed by atoms with Crippen molar-refractivity contribution in [3.63, 3.8) is 0 Å². The van der Waals surface area contributed by atoms with E-state index in [1.807, 2.05) is 7.05 Å². The Morgan fingerprint density at radius 3 is 2.72 bits per heavy atom. The highest BCUT2D eigenvalue weighted by Gasteiger charge is 2.59. The molecular formula is C20H38N4O. The molecule has 5 heteroatoms. The second-order valence-corrected chi connectivity index (χ2v) is 8.65. The minimum Gasteiger partial charge on any atom is -0.377 e. The highest BCUT2D eigenvalue weighted by atomic mass is 16.5. The molecule has 1 aliphatic carbocycles. The highest BCUT2D eigenvalue weighted by molar-refractivity contribution is 5.80. The van der Waals surface area contributed by atoms with E-state index in [-0.39, 0.29) is 5.41 Å². The van der Waals surface area contributed by atoms with Crippen LogP contribution in [0.2, 0.25) is 0 Å². The summed E-state index contributed by atoms with van der Waals surface area (Å²) >= 11 is 0. The number of piperidine rings is 1. The first-order valence-corrected chi connectivity index (χ1v) is 10.4. The normalized spacial score (nSPS) is 32.1. The number of hydrogen-bond donors (Lipinski definition) is 2. The Morgan fingerprint density at radius 1 is 1.16 bits per heavy atom. The summed E-state index contributed by atoms with van der Waals surface area (Å²) in [5.41, 5.74) is 0.202. The van der Waals surface area contributed by atoms with E-state index in [1.165, 1.54) is 64.6 Å². The fraction of sp³-hybridized carbons (Fsp3) is 0.950. The molecule has 3 atom stereocenters. The number of ether oxygens (including phenoxy) is 1. The first-order chi connectivity index (χ1) is 12.1. The number of hydrogen-bond acceptors (Lipinski definition) is 3. The molecule has 0 radical (unpaired) electrons. The predicted molar refractivity (Wildman–Crippen MR) is 104 cm³/mol. The molecule has 2 saturated heterocycles. The van der Waals surface area contributed by atoms with Gasteiger partial charge in [-0.15, -0.1) is 0 Å². The van der Waals surface area contributed by atoms with Crippen LogP contribution in [-0.4, -0.2) is 62.8 Å². The van der Waals surface area contributed by atoms with Crippen molar-refractivity contribution in [2.45, 2.75) is 70.9 Å². The van der Waals surface area contributed by atoms with Gasteiger partial charge in [0.1, 0.15) is 0 Å². The lowest BCUT2D eigenvalue weighted by Gasteiger charge is -2.54. The van der Waals surface area contributed by atoms with Gasteiger partial charge in [0, 0.05) is 37.6 Å². The van der Waals surface area contributed by atoms with Gasteiger partial charge >= 0.3 is 0 Å². The standard InChI is InChI=1S/C20H38N4O/c1-20(2)17(16-10-15-25-18(16)20)23-19(21-3)22-11-6-4-7-12-24-13-8-5-9-14-24/h16-18H,4-15H2,1-3H3,(H2,21,22,23). The summed E-state index contributed by atoms with van der Waals surface area (Å²) in [4.78, 5) is 7.06. The van der Waals surface area contributed by atoms with Crippen molar-refractivity contribution in [2.24, 2.45) is 16.3 Å². The van der Waals surface area contributed by atoms with Crippen LogP contribution in [-0.2, 0) is 4.74 Å². The summed E-state index contributed by atoms with van der Waals surface area (Å²) in [5, 5.41) is 7.17. The van der Waals surface area contributed by atoms with E-state index in [1.54, 1.807) is 0 Å². The molecule has 0 aromatic carbocycles. The van der Waals surface area contributed by atoms with E-state index in [0.29, 0.717) is 18.1 Å². The molecule has 0 bridgehead atoms. The lowest BCUT2D eigenvalue weighted by molar-refractivity contribution is -0.106. The minimum absolute atomic E-state index is 0.202. The van der Waals surface area contributed by atoms with Gasteiger partial charge in [-0.2, -0.15) is 0 Å². The van der Waals surface area contributed by atoms with E-state index < -0.39 is 0 Å². The van der Waals surface area contributed by atoms with Crippen LogP contribution in [0.4, 0.5) is 0 Å². The molecule has 3 fully saturated rings. The molecule has 144 valence electrons. The van der Waals surface area contributed by atoms with Crippen LogP contribution in [0, 0.1) is 11.3 Å². The molecule has 25 heavy (non-hydrogen) atoms. The van der Waals surface area contributed by atoms with E-state index in [9.17, 15) is 0 Å². The first kappa shape index (κ1) is 19.0. The zero-order chi connectivity index (χ0) is 17.7. The summed E-state index contributed by atoms with van der Waals surface area (Å²) in [6, 6.07) is 0.477. The van der Waals surface area contributed by atoms with Crippen molar-refractivity contribution in [2.75, 3.05) is 39.8 Å². The Hall–Kier alpha value is -0.810. The SMILES string of the molecule is CN=C(NCCCCCN1CCCCC1)NC1C2CCOC2C1(C)C. The van der Waals surface area contributed by atoms with Gasteiger partial charge in [-0.25, -0.2) is 0 Å². The number of aliphatic imine (C=N–C) groups is 1. The Kier molecular flexibility index (Phi) is 6.61. The fourth-order valence-corrected chi connectivity index (χ4v) is 4.99. The molecule has 0 amide bonds. The van der Waals surface area contributed by atoms with Gasteiger partial charge in [-0.05, 0) is 51.7 Å². The molecule has 0 aromatic heterocycles. The van der Waals surface area contributed by atoms with Gasteiger partial charge in [0.05, 0.1) is 6.10 Å². The summed E-state index contributed by atoms with van der Waals surface area (Å²) in [6.45, 7) is 10.5. The van der Waals surface area contributed by atoms with Crippen molar-refractivity contribution in [3.05, 3.63) is 0 Å². The summed E-state index contributed by atoms with van der Waals surface area (Å²) in [6.07, 6.45) is 9.67. The first-order valence-electron chi connectivity index (χ1n) is 10.4. The third-order valence-corrected chi connectivity index (χ3v) is 6.51. The van der Waals surface area contributed by atoms with Gasteiger partial charge in [-0.1, -0.05) is 26.7 Å². The summed E-state index contributed by atoms with van der Waals surface area (Å²) in [7, 11) is 1.87. The molecular weight excluding hydrogens is 312 g/mol. The second kappa shape index (κ2) is 8.72. The van der Waals surface area contributed by atoms with Crippen LogP contribution < -0.4 is 10.6 Å². The van der Waals surface area contributed by atoms with Crippen LogP contribution >= 0.6 is 0 Å². The van der Waals surface area contributed by atoms with Crippen LogP contribution in [0.3, 0.4) is 0 Å². The Balaban J connectivity index is 1.29. The topological polar surface area (TPSA) is 48.9 Å². The molecule has 3 rings (SSSR count). The maximum atomic E-state index is 5.88. The van der Waals surface area contributed by atoms with Crippen molar-refractivity contribution in [1.29, 1.82) is 0 Å². The number of unbranched alkanes of at least 4 members (excludes halogenated alkanes) is 2. The monoisotopic (exact) mass is 350 g/mol. The lowest BCUT2D eigenvalue weighted by Crippen LogP contribution is -2.67. The Morgan fingerprint density at radius 2 is 1.96 bits per heavy atom. The van der Waals surface area contributed by atoms with E-state index >= 15 is 0 Å². The molecule has 1 saturated carbocycles. The maximum Gasteiger partial charge on any atom is 0.191 e. The molecule has 2 N–H and O–H groups in total. The van der Waals surface area contributed by atoms with Crippen molar-refractivity contribution in [1.82, 2.24) is 15.5 Å². The van der Waals surface area contributed by atoms with Crippen molar-refractivity contribution < 1.29 is 4.74 Å². The molecule has 3 unspecified atom stereocenters. The molecule has 0 spiro atoms. The zero-order valence-corrected chi connectivity index (χ0v) is 16.5. The van der Waals surface area contributed by atoms with Crippen molar-refractivity contribution >= 4 is 5.96 Å². The van der Waals surface area contributed by atoms with Gasteiger partial charge in [0.2, 0.25) is 0 Å². The van der Waals surface area contributed by atoms with Crippen molar-refractivity contribution in [3.8, 4) is 0 Å². The molecule has 3 aliphatic rings. The van der Waals surface area contributed by atoms with E-state index in [4.69, 9.17) is 4.74 Å². The second-order valence-electron chi connectivity index (χ2n) is 8.65. The molecule has 2 heterocycles. The summed E-state index contributed by atoms with van der Waals surface area (Å²) < 4.78 is 5.88. The predicted octanol–water partition coefficient (Wildman–Crippen LogP) is 2.62. The van der Waals surface area contributed by atoms with Gasteiger partial charge in [-0.3, -0.25) is 4.99 Å². The fourth-order valence-electron chi connectivity index (χ4n) is 4.99. The van der Waals surface area contributed by atoms with Gasteiger partial charge in [0.25, 0.3) is 0 Å².